The van der Waals surface area contributed by atoms with Crippen molar-refractivity contribution in [1.82, 2.24) is 19.9 Å². The Labute approximate surface area is 172 Å². The molecule has 29 heavy (non-hydrogen) atoms. The minimum Gasteiger partial charge on any atom is -0.253 e. The number of hydrogen-bond acceptors (Lipinski definition) is 4. The average molecular weight is 385 g/mol. The van der Waals surface area contributed by atoms with Gasteiger partial charge in [-0.25, -0.2) is 4.98 Å². The Hall–Kier alpha value is -2.88. The minimum atomic E-state index is -0.00261. The first-order chi connectivity index (χ1) is 13.8. The Balaban J connectivity index is 1.61. The number of fused-ring (bicyclic) bond motifs is 2. The molecule has 0 atom stereocenters. The molecule has 0 bridgehead atoms. The zero-order chi connectivity index (χ0) is 20.6. The van der Waals surface area contributed by atoms with Gasteiger partial charge in [-0.05, 0) is 59.9 Å². The third kappa shape index (κ3) is 3.84. The molecular weight excluding hydrogens is 356 g/mol. The van der Waals surface area contributed by atoms with E-state index in [-0.39, 0.29) is 10.8 Å². The van der Waals surface area contributed by atoms with Gasteiger partial charge >= 0.3 is 0 Å². The van der Waals surface area contributed by atoms with Crippen molar-refractivity contribution < 1.29 is 0 Å². The van der Waals surface area contributed by atoms with E-state index in [1.165, 1.54) is 11.1 Å². The van der Waals surface area contributed by atoms with Crippen molar-refractivity contribution in [2.45, 2.75) is 58.3 Å². The van der Waals surface area contributed by atoms with E-state index in [1.807, 2.05) is 13.1 Å². The van der Waals surface area contributed by atoms with Crippen LogP contribution in [0, 0.1) is 6.92 Å². The number of para-hydroxylation sites is 1. The summed E-state index contributed by atoms with van der Waals surface area (Å²) in [6.45, 7) is 11.2. The summed E-state index contributed by atoms with van der Waals surface area (Å²) in [5.41, 5.74) is 7.44. The lowest BCUT2D eigenvalue weighted by Gasteiger charge is -2.32. The largest absolute Gasteiger partial charge is 0.253 e. The molecule has 0 aliphatic heterocycles. The van der Waals surface area contributed by atoms with E-state index in [1.54, 1.807) is 12.4 Å². The van der Waals surface area contributed by atoms with Crippen LogP contribution >= 0.6 is 0 Å². The van der Waals surface area contributed by atoms with Gasteiger partial charge in [0.25, 0.3) is 0 Å². The molecule has 0 radical (unpaired) electrons. The Morgan fingerprint density at radius 2 is 1.48 bits per heavy atom. The lowest BCUT2D eigenvalue weighted by Crippen LogP contribution is -2.25. The predicted octanol–water partition coefficient (Wildman–Crippen LogP) is 5.92. The fraction of sp³-hybridized carbons (Fsp3) is 0.360. The molecule has 4 nitrogen and oxygen atoms in total. The van der Waals surface area contributed by atoms with Crippen molar-refractivity contribution >= 4 is 22.1 Å². The lowest BCUT2D eigenvalue weighted by molar-refractivity contribution is 0.376. The number of hydrogen-bond donors (Lipinski definition) is 0. The molecule has 0 N–H and O–H groups in total. The quantitative estimate of drug-likeness (QED) is 0.429. The van der Waals surface area contributed by atoms with Gasteiger partial charge in [0.2, 0.25) is 0 Å². The third-order valence-electron chi connectivity index (χ3n) is 6.05. The summed E-state index contributed by atoms with van der Waals surface area (Å²) in [5.74, 6) is 0. The molecule has 0 amide bonds. The Morgan fingerprint density at radius 1 is 0.759 bits per heavy atom. The van der Waals surface area contributed by atoms with Gasteiger partial charge < -0.3 is 0 Å². The smallest absolute Gasteiger partial charge is 0.0924 e. The predicted molar refractivity (Wildman–Crippen MR) is 119 cm³/mol. The van der Waals surface area contributed by atoms with Crippen molar-refractivity contribution in [3.8, 4) is 0 Å². The maximum atomic E-state index is 4.71. The van der Waals surface area contributed by atoms with Crippen LogP contribution in [-0.4, -0.2) is 19.9 Å². The zero-order valence-corrected chi connectivity index (χ0v) is 17.9. The van der Waals surface area contributed by atoms with Gasteiger partial charge in [-0.3, -0.25) is 15.0 Å². The highest BCUT2D eigenvalue weighted by atomic mass is 14.8. The van der Waals surface area contributed by atoms with E-state index in [4.69, 9.17) is 4.98 Å². The number of aryl methyl sites for hydroxylation is 1. The molecule has 0 saturated heterocycles. The summed E-state index contributed by atoms with van der Waals surface area (Å²) < 4.78 is 0. The molecule has 4 aromatic rings. The van der Waals surface area contributed by atoms with E-state index < -0.39 is 0 Å². The van der Waals surface area contributed by atoms with Gasteiger partial charge in [-0.1, -0.05) is 45.9 Å². The molecular formula is C25H28N4. The van der Waals surface area contributed by atoms with Gasteiger partial charge in [0.15, 0.2) is 0 Å². The summed E-state index contributed by atoms with van der Waals surface area (Å²) in [6.07, 6.45) is 7.46. The highest BCUT2D eigenvalue weighted by Gasteiger charge is 2.29. The highest BCUT2D eigenvalue weighted by molar-refractivity contribution is 5.79. The van der Waals surface area contributed by atoms with Crippen LogP contribution in [0.5, 0.6) is 0 Å². The second kappa shape index (κ2) is 7.18. The third-order valence-corrected chi connectivity index (χ3v) is 6.05. The standard InChI is InChI=1S/C25H28N4/c1-17-16-28-23-19(7-6-8-21(23)29-17)25(4,5)12-11-24(2,3)18-9-10-20-22(15-18)27-14-13-26-20/h6-10,13-16H,11-12H2,1-5H3. The van der Waals surface area contributed by atoms with Gasteiger partial charge in [-0.15, -0.1) is 0 Å². The van der Waals surface area contributed by atoms with Gasteiger partial charge in [0.05, 0.1) is 27.8 Å². The van der Waals surface area contributed by atoms with E-state index in [0.717, 1.165) is 40.6 Å². The maximum absolute atomic E-state index is 4.71. The molecule has 0 aliphatic rings. The van der Waals surface area contributed by atoms with Crippen LogP contribution < -0.4 is 0 Å². The average Bonchev–Trinajstić information content (AvgIpc) is 2.71. The molecule has 2 aromatic carbocycles. The molecule has 4 rings (SSSR count). The molecule has 2 aromatic heterocycles. The fourth-order valence-electron chi connectivity index (χ4n) is 3.97. The Bertz CT molecular complexity index is 1180. The van der Waals surface area contributed by atoms with Gasteiger partial charge in [0.1, 0.15) is 0 Å². The number of rotatable bonds is 5. The van der Waals surface area contributed by atoms with Crippen LogP contribution in [0.15, 0.2) is 55.0 Å². The van der Waals surface area contributed by atoms with Crippen LogP contribution in [0.2, 0.25) is 0 Å². The summed E-state index contributed by atoms with van der Waals surface area (Å²) in [7, 11) is 0. The van der Waals surface area contributed by atoms with E-state index in [9.17, 15) is 0 Å². The van der Waals surface area contributed by atoms with E-state index in [2.05, 4.69) is 79.0 Å². The van der Waals surface area contributed by atoms with Crippen molar-refractivity contribution in [3.63, 3.8) is 0 Å². The SMILES string of the molecule is Cc1cnc2c(C(C)(C)CCC(C)(C)c3ccc4nccnc4c3)cccc2n1. The fourth-order valence-corrected chi connectivity index (χ4v) is 3.97. The van der Waals surface area contributed by atoms with Crippen molar-refractivity contribution in [2.24, 2.45) is 0 Å². The Kier molecular flexibility index (Phi) is 4.81. The molecule has 4 heteroatoms. The number of benzene rings is 2. The molecule has 0 aliphatic carbocycles. The molecule has 0 spiro atoms. The minimum absolute atomic E-state index is 0.00261. The maximum Gasteiger partial charge on any atom is 0.0924 e. The molecule has 2 heterocycles. The first kappa shape index (κ1) is 19.4. The first-order valence-electron chi connectivity index (χ1n) is 10.2. The second-order valence-corrected chi connectivity index (χ2v) is 9.21. The van der Waals surface area contributed by atoms with Crippen LogP contribution in [0.4, 0.5) is 0 Å². The normalized spacial score (nSPS) is 12.6. The van der Waals surface area contributed by atoms with Gasteiger partial charge in [0, 0.05) is 18.6 Å². The number of nitrogens with zero attached hydrogens (tertiary/aromatic N) is 4. The van der Waals surface area contributed by atoms with Crippen LogP contribution in [0.25, 0.3) is 22.1 Å². The summed E-state index contributed by atoms with van der Waals surface area (Å²) in [4.78, 5) is 18.2. The zero-order valence-electron chi connectivity index (χ0n) is 17.9. The number of aromatic nitrogens is 4. The van der Waals surface area contributed by atoms with Crippen LogP contribution in [0.1, 0.15) is 57.4 Å². The van der Waals surface area contributed by atoms with E-state index >= 15 is 0 Å². The monoisotopic (exact) mass is 384 g/mol. The van der Waals surface area contributed by atoms with Crippen LogP contribution in [-0.2, 0) is 10.8 Å². The van der Waals surface area contributed by atoms with Crippen molar-refractivity contribution in [2.75, 3.05) is 0 Å². The summed E-state index contributed by atoms with van der Waals surface area (Å²) >= 11 is 0. The highest BCUT2D eigenvalue weighted by Crippen LogP contribution is 2.38. The van der Waals surface area contributed by atoms with Crippen LogP contribution in [0.3, 0.4) is 0 Å². The van der Waals surface area contributed by atoms with E-state index in [0.29, 0.717) is 0 Å². The molecule has 0 unspecified atom stereocenters. The second-order valence-electron chi connectivity index (χ2n) is 9.21. The lowest BCUT2D eigenvalue weighted by atomic mass is 9.72. The topological polar surface area (TPSA) is 51.6 Å². The van der Waals surface area contributed by atoms with Crippen molar-refractivity contribution in [1.29, 1.82) is 0 Å². The molecule has 0 saturated carbocycles. The molecule has 0 fully saturated rings. The Morgan fingerprint density at radius 3 is 2.28 bits per heavy atom. The van der Waals surface area contributed by atoms with Crippen molar-refractivity contribution in [3.05, 3.63) is 71.8 Å². The first-order valence-corrected chi connectivity index (χ1v) is 10.2. The molecule has 148 valence electrons. The summed E-state index contributed by atoms with van der Waals surface area (Å²) in [5, 5.41) is 0. The summed E-state index contributed by atoms with van der Waals surface area (Å²) in [6, 6.07) is 12.8. The van der Waals surface area contributed by atoms with Gasteiger partial charge in [-0.2, -0.15) is 0 Å².